The maximum absolute atomic E-state index is 13.2. The van der Waals surface area contributed by atoms with Crippen LogP contribution in [0.3, 0.4) is 0 Å². The first-order valence-electron chi connectivity index (χ1n) is 13.7. The number of carbonyl (C=O) groups excluding carboxylic acids is 2. The number of amides is 1. The molecule has 0 aliphatic carbocycles. The molecule has 1 fully saturated rings. The minimum atomic E-state index is -0.174. The van der Waals surface area contributed by atoms with Gasteiger partial charge in [-0.1, -0.05) is 12.1 Å². The van der Waals surface area contributed by atoms with Crippen molar-refractivity contribution in [3.63, 3.8) is 0 Å². The summed E-state index contributed by atoms with van der Waals surface area (Å²) in [4.78, 5) is 34.0. The number of hydrogen-bond acceptors (Lipinski definition) is 10. The van der Waals surface area contributed by atoms with Gasteiger partial charge in [0.1, 0.15) is 22.2 Å². The zero-order chi connectivity index (χ0) is 28.8. The molecule has 2 aliphatic heterocycles. The van der Waals surface area contributed by atoms with Gasteiger partial charge in [-0.25, -0.2) is 4.98 Å². The first-order valence-corrected chi connectivity index (χ1v) is 14.6. The van der Waals surface area contributed by atoms with Crippen molar-refractivity contribution in [2.75, 3.05) is 40.7 Å². The molecule has 0 spiro atoms. The van der Waals surface area contributed by atoms with E-state index in [0.29, 0.717) is 57.9 Å². The van der Waals surface area contributed by atoms with E-state index in [1.165, 1.54) is 11.3 Å². The number of benzene rings is 2. The first-order chi connectivity index (χ1) is 20.0. The SMILES string of the molecule is CCOC(=O)C1CCN(C(=O)c2csc(CN(Cc3ccc4c(c3)OCO4)Cc3ccc(OC)cc3OC)n2)CC1. The van der Waals surface area contributed by atoms with Gasteiger partial charge in [-0.15, -0.1) is 11.3 Å². The third-order valence-electron chi connectivity index (χ3n) is 7.26. The van der Waals surface area contributed by atoms with Crippen LogP contribution < -0.4 is 18.9 Å². The molecule has 2 aromatic carbocycles. The van der Waals surface area contributed by atoms with Crippen LogP contribution in [0.1, 0.15) is 46.4 Å². The Morgan fingerprint density at radius 3 is 2.59 bits per heavy atom. The molecule has 0 bridgehead atoms. The minimum absolute atomic E-state index is 0.103. The molecule has 0 unspecified atom stereocenters. The number of ether oxygens (including phenoxy) is 5. The van der Waals surface area contributed by atoms with Crippen LogP contribution in [0.4, 0.5) is 0 Å². The van der Waals surface area contributed by atoms with Crippen LogP contribution >= 0.6 is 11.3 Å². The van der Waals surface area contributed by atoms with Gasteiger partial charge in [0.2, 0.25) is 6.79 Å². The second kappa shape index (κ2) is 13.2. The van der Waals surface area contributed by atoms with Crippen molar-refractivity contribution in [1.82, 2.24) is 14.8 Å². The standard InChI is InChI=1S/C30H35N3O7S/c1-4-38-30(35)21-9-11-33(12-10-21)29(34)24-18-41-28(31-24)17-32(15-20-5-8-25-27(13-20)40-19-39-25)16-22-6-7-23(36-2)14-26(22)37-3/h5-8,13-14,18,21H,4,9-12,15-17,19H2,1-3H3. The molecule has 1 saturated heterocycles. The number of methoxy groups -OCH3 is 2. The molecule has 218 valence electrons. The maximum Gasteiger partial charge on any atom is 0.309 e. The van der Waals surface area contributed by atoms with Gasteiger partial charge >= 0.3 is 5.97 Å². The van der Waals surface area contributed by atoms with E-state index in [-0.39, 0.29) is 24.6 Å². The number of thiazole rings is 1. The summed E-state index contributed by atoms with van der Waals surface area (Å²) in [6, 6.07) is 11.7. The van der Waals surface area contributed by atoms with Crippen molar-refractivity contribution < 1.29 is 33.3 Å². The lowest BCUT2D eigenvalue weighted by molar-refractivity contribution is -0.149. The number of carbonyl (C=O) groups is 2. The van der Waals surface area contributed by atoms with Gasteiger partial charge in [-0.3, -0.25) is 14.5 Å². The predicted octanol–water partition coefficient (Wildman–Crippen LogP) is 4.51. The quantitative estimate of drug-likeness (QED) is 0.303. The molecule has 0 atom stereocenters. The summed E-state index contributed by atoms with van der Waals surface area (Å²) in [5.74, 6) is 2.51. The van der Waals surface area contributed by atoms with Gasteiger partial charge in [0.25, 0.3) is 5.91 Å². The molecule has 0 N–H and O–H groups in total. The maximum atomic E-state index is 13.2. The minimum Gasteiger partial charge on any atom is -0.497 e. The Labute approximate surface area is 243 Å². The lowest BCUT2D eigenvalue weighted by Gasteiger charge is -2.30. The molecule has 11 heteroatoms. The summed E-state index contributed by atoms with van der Waals surface area (Å²) in [6.07, 6.45) is 1.21. The smallest absolute Gasteiger partial charge is 0.309 e. The second-order valence-corrected chi connectivity index (χ2v) is 10.9. The fourth-order valence-corrected chi connectivity index (χ4v) is 5.91. The van der Waals surface area contributed by atoms with Gasteiger partial charge < -0.3 is 28.6 Å². The average Bonchev–Trinajstić information content (AvgIpc) is 3.66. The molecular weight excluding hydrogens is 546 g/mol. The molecule has 0 saturated carbocycles. The van der Waals surface area contributed by atoms with E-state index in [1.807, 2.05) is 41.8 Å². The fraction of sp³-hybridized carbons (Fsp3) is 0.433. The van der Waals surface area contributed by atoms with Gasteiger partial charge in [-0.2, -0.15) is 0 Å². The lowest BCUT2D eigenvalue weighted by Crippen LogP contribution is -2.40. The van der Waals surface area contributed by atoms with Crippen molar-refractivity contribution in [1.29, 1.82) is 0 Å². The van der Waals surface area contributed by atoms with Crippen LogP contribution in [0, 0.1) is 5.92 Å². The molecule has 1 amide bonds. The first kappa shape index (κ1) is 28.7. The number of nitrogens with zero attached hydrogens (tertiary/aromatic N) is 3. The summed E-state index contributed by atoms with van der Waals surface area (Å²) in [7, 11) is 3.28. The zero-order valence-electron chi connectivity index (χ0n) is 23.6. The highest BCUT2D eigenvalue weighted by molar-refractivity contribution is 7.09. The van der Waals surface area contributed by atoms with Crippen molar-refractivity contribution in [3.05, 3.63) is 63.6 Å². The van der Waals surface area contributed by atoms with Crippen molar-refractivity contribution >= 4 is 23.2 Å². The topological polar surface area (TPSA) is 99.7 Å². The Kier molecular flexibility index (Phi) is 9.25. The molecule has 3 heterocycles. The Morgan fingerprint density at radius 1 is 1.02 bits per heavy atom. The van der Waals surface area contributed by atoms with Crippen LogP contribution in [-0.2, 0) is 29.2 Å². The Morgan fingerprint density at radius 2 is 1.83 bits per heavy atom. The average molecular weight is 582 g/mol. The molecule has 1 aromatic heterocycles. The van der Waals surface area contributed by atoms with Crippen LogP contribution in [0.5, 0.6) is 23.0 Å². The van der Waals surface area contributed by atoms with E-state index in [9.17, 15) is 9.59 Å². The van der Waals surface area contributed by atoms with E-state index in [1.54, 1.807) is 26.0 Å². The number of hydrogen-bond donors (Lipinski definition) is 0. The summed E-state index contributed by atoms with van der Waals surface area (Å²) in [5.41, 5.74) is 2.51. The number of fused-ring (bicyclic) bond motifs is 1. The highest BCUT2D eigenvalue weighted by Crippen LogP contribution is 2.34. The van der Waals surface area contributed by atoms with E-state index in [2.05, 4.69) is 4.90 Å². The Hall–Kier alpha value is -3.83. The molecule has 3 aromatic rings. The number of esters is 1. The fourth-order valence-electron chi connectivity index (χ4n) is 5.10. The molecule has 41 heavy (non-hydrogen) atoms. The predicted molar refractivity (Wildman–Crippen MR) is 152 cm³/mol. The van der Waals surface area contributed by atoms with Crippen molar-refractivity contribution in [2.45, 2.75) is 39.4 Å². The van der Waals surface area contributed by atoms with E-state index in [4.69, 9.17) is 28.7 Å². The molecule has 10 nitrogen and oxygen atoms in total. The normalized spacial score (nSPS) is 14.8. The third-order valence-corrected chi connectivity index (χ3v) is 8.10. The number of rotatable bonds is 11. The largest absolute Gasteiger partial charge is 0.497 e. The number of aromatic nitrogens is 1. The monoisotopic (exact) mass is 581 g/mol. The van der Waals surface area contributed by atoms with Gasteiger partial charge in [-0.05, 0) is 43.5 Å². The molecule has 0 radical (unpaired) electrons. The van der Waals surface area contributed by atoms with Crippen LogP contribution in [-0.4, -0.2) is 67.4 Å². The zero-order valence-corrected chi connectivity index (χ0v) is 24.4. The van der Waals surface area contributed by atoms with Gasteiger partial charge in [0.15, 0.2) is 11.5 Å². The lowest BCUT2D eigenvalue weighted by atomic mass is 9.97. The van der Waals surface area contributed by atoms with Gasteiger partial charge in [0.05, 0.1) is 33.3 Å². The molecule has 2 aliphatic rings. The highest BCUT2D eigenvalue weighted by Gasteiger charge is 2.29. The van der Waals surface area contributed by atoms with Crippen LogP contribution in [0.15, 0.2) is 41.8 Å². The van der Waals surface area contributed by atoms with Crippen LogP contribution in [0.25, 0.3) is 0 Å². The Bertz CT molecular complexity index is 1370. The summed E-state index contributed by atoms with van der Waals surface area (Å²) in [6.45, 7) is 5.18. The second-order valence-electron chi connectivity index (χ2n) is 9.96. The van der Waals surface area contributed by atoms with E-state index < -0.39 is 0 Å². The van der Waals surface area contributed by atoms with E-state index >= 15 is 0 Å². The molecule has 5 rings (SSSR count). The Balaban J connectivity index is 1.29. The third kappa shape index (κ3) is 6.91. The molecular formula is C30H35N3O7S. The number of likely N-dealkylation sites (tertiary alicyclic amines) is 1. The van der Waals surface area contributed by atoms with E-state index in [0.717, 1.165) is 39.1 Å². The van der Waals surface area contributed by atoms with Crippen molar-refractivity contribution in [2.24, 2.45) is 5.92 Å². The summed E-state index contributed by atoms with van der Waals surface area (Å²) in [5, 5.41) is 2.66. The summed E-state index contributed by atoms with van der Waals surface area (Å²) < 4.78 is 27.2. The van der Waals surface area contributed by atoms with Crippen LogP contribution in [0.2, 0.25) is 0 Å². The number of piperidine rings is 1. The highest BCUT2D eigenvalue weighted by atomic mass is 32.1. The van der Waals surface area contributed by atoms with Gasteiger partial charge in [0, 0.05) is 43.2 Å². The summed E-state index contributed by atoms with van der Waals surface area (Å²) >= 11 is 1.47. The van der Waals surface area contributed by atoms with Crippen molar-refractivity contribution in [3.8, 4) is 23.0 Å².